The highest BCUT2D eigenvalue weighted by atomic mass is 32.2. The summed E-state index contributed by atoms with van der Waals surface area (Å²) in [6, 6.07) is 0.513. The first-order chi connectivity index (χ1) is 10.1. The molecular formula is C14H24N4O2S. The molecule has 1 aliphatic rings. The molecule has 0 aliphatic heterocycles. The minimum Gasteiger partial charge on any atom is -0.481 e. The van der Waals surface area contributed by atoms with Gasteiger partial charge in [-0.15, -0.1) is 10.2 Å². The molecule has 0 saturated heterocycles. The number of aliphatic carboxylic acids is 1. The zero-order valence-electron chi connectivity index (χ0n) is 12.8. The van der Waals surface area contributed by atoms with Crippen LogP contribution in [0.15, 0.2) is 5.16 Å². The Kier molecular flexibility index (Phi) is 5.90. The molecule has 6 nitrogen and oxygen atoms in total. The van der Waals surface area contributed by atoms with E-state index >= 15 is 0 Å². The second-order valence-corrected chi connectivity index (χ2v) is 6.41. The van der Waals surface area contributed by atoms with E-state index in [-0.39, 0.29) is 5.75 Å². The third-order valence-corrected chi connectivity index (χ3v) is 4.98. The van der Waals surface area contributed by atoms with Crippen LogP contribution in [0.3, 0.4) is 0 Å². The van der Waals surface area contributed by atoms with Crippen molar-refractivity contribution in [1.29, 1.82) is 0 Å². The number of carboxylic acid groups (broad SMARTS) is 1. The fraction of sp³-hybridized carbons (Fsp3) is 0.786. The Labute approximate surface area is 129 Å². The molecule has 118 valence electrons. The quantitative estimate of drug-likeness (QED) is 0.643. The molecule has 1 heterocycles. The molecule has 0 spiro atoms. The maximum Gasteiger partial charge on any atom is 0.313 e. The summed E-state index contributed by atoms with van der Waals surface area (Å²) >= 11 is 1.23. The van der Waals surface area contributed by atoms with Crippen LogP contribution >= 0.6 is 11.8 Å². The summed E-state index contributed by atoms with van der Waals surface area (Å²) in [4.78, 5) is 12.9. The van der Waals surface area contributed by atoms with E-state index in [0.717, 1.165) is 12.5 Å². The zero-order chi connectivity index (χ0) is 15.2. The largest absolute Gasteiger partial charge is 0.481 e. The van der Waals surface area contributed by atoms with Crippen molar-refractivity contribution in [3.8, 4) is 0 Å². The van der Waals surface area contributed by atoms with E-state index in [1.54, 1.807) is 0 Å². The number of aromatic nitrogens is 3. The van der Waals surface area contributed by atoms with Gasteiger partial charge in [-0.05, 0) is 19.8 Å². The van der Waals surface area contributed by atoms with Gasteiger partial charge in [0, 0.05) is 19.6 Å². The lowest BCUT2D eigenvalue weighted by Crippen LogP contribution is -2.33. The first-order valence-electron chi connectivity index (χ1n) is 7.64. The summed E-state index contributed by atoms with van der Waals surface area (Å²) in [6.45, 7) is 2.79. The summed E-state index contributed by atoms with van der Waals surface area (Å²) in [5, 5.41) is 18.0. The minimum absolute atomic E-state index is 0.0191. The van der Waals surface area contributed by atoms with Crippen molar-refractivity contribution in [2.45, 2.75) is 63.2 Å². The van der Waals surface area contributed by atoms with Crippen LogP contribution in [-0.2, 0) is 11.3 Å². The smallest absolute Gasteiger partial charge is 0.313 e. The first kappa shape index (κ1) is 16.1. The summed E-state index contributed by atoms with van der Waals surface area (Å²) in [6.07, 6.45) is 7.59. The third-order valence-electron chi connectivity index (χ3n) is 4.03. The Hall–Kier alpha value is -1.24. The van der Waals surface area contributed by atoms with E-state index < -0.39 is 5.97 Å². The molecule has 7 heteroatoms. The lowest BCUT2D eigenvalue weighted by Gasteiger charge is -2.28. The number of anilines is 1. The Morgan fingerprint density at radius 1 is 1.33 bits per heavy atom. The van der Waals surface area contributed by atoms with Gasteiger partial charge < -0.3 is 10.0 Å². The molecule has 1 fully saturated rings. The monoisotopic (exact) mass is 312 g/mol. The molecule has 1 aromatic rings. The SMILES string of the molecule is CCn1c(SCC(=O)O)nnc1N(C)C1CCCCCC1. The van der Waals surface area contributed by atoms with Crippen LogP contribution in [0.4, 0.5) is 5.95 Å². The average Bonchev–Trinajstić information content (AvgIpc) is 2.68. The molecule has 0 aromatic carbocycles. The van der Waals surface area contributed by atoms with Gasteiger partial charge in [0.05, 0.1) is 5.75 Å². The molecule has 0 atom stereocenters. The molecule has 2 rings (SSSR count). The molecular weight excluding hydrogens is 288 g/mol. The lowest BCUT2D eigenvalue weighted by molar-refractivity contribution is -0.133. The molecule has 1 aromatic heterocycles. The van der Waals surface area contributed by atoms with Crippen LogP contribution in [0.5, 0.6) is 0 Å². The van der Waals surface area contributed by atoms with Crippen LogP contribution in [0.2, 0.25) is 0 Å². The van der Waals surface area contributed by atoms with E-state index in [1.807, 2.05) is 11.5 Å². The number of rotatable bonds is 6. The maximum atomic E-state index is 10.7. The van der Waals surface area contributed by atoms with Gasteiger partial charge in [0.15, 0.2) is 5.16 Å². The molecule has 0 amide bonds. The van der Waals surface area contributed by atoms with Gasteiger partial charge in [-0.3, -0.25) is 9.36 Å². The van der Waals surface area contributed by atoms with E-state index in [9.17, 15) is 4.79 Å². The van der Waals surface area contributed by atoms with Crippen molar-refractivity contribution in [3.63, 3.8) is 0 Å². The molecule has 0 unspecified atom stereocenters. The highest BCUT2D eigenvalue weighted by molar-refractivity contribution is 7.99. The van der Waals surface area contributed by atoms with Crippen molar-refractivity contribution in [3.05, 3.63) is 0 Å². The van der Waals surface area contributed by atoms with E-state index in [1.165, 1.54) is 50.3 Å². The highest BCUT2D eigenvalue weighted by Gasteiger charge is 2.22. The Bertz CT molecular complexity index is 470. The number of hydrogen-bond donors (Lipinski definition) is 1. The topological polar surface area (TPSA) is 71.2 Å². The number of carbonyl (C=O) groups is 1. The maximum absolute atomic E-state index is 10.7. The van der Waals surface area contributed by atoms with Crippen molar-refractivity contribution < 1.29 is 9.90 Å². The van der Waals surface area contributed by atoms with Gasteiger partial charge in [0.1, 0.15) is 0 Å². The fourth-order valence-corrected chi connectivity index (χ4v) is 3.58. The predicted molar refractivity (Wildman–Crippen MR) is 83.9 cm³/mol. The Balaban J connectivity index is 2.12. The standard InChI is InChI=1S/C14H24N4O2S/c1-3-18-13(15-16-14(18)21-10-12(19)20)17(2)11-8-6-4-5-7-9-11/h11H,3-10H2,1-2H3,(H,19,20). The highest BCUT2D eigenvalue weighted by Crippen LogP contribution is 2.27. The van der Waals surface area contributed by atoms with Gasteiger partial charge in [-0.2, -0.15) is 0 Å². The van der Waals surface area contributed by atoms with Gasteiger partial charge in [0.25, 0.3) is 0 Å². The van der Waals surface area contributed by atoms with Gasteiger partial charge in [-0.1, -0.05) is 37.4 Å². The number of thioether (sulfide) groups is 1. The minimum atomic E-state index is -0.829. The normalized spacial score (nSPS) is 16.7. The van der Waals surface area contributed by atoms with Crippen molar-refractivity contribution in [2.75, 3.05) is 17.7 Å². The third kappa shape index (κ3) is 4.12. The summed E-state index contributed by atoms with van der Waals surface area (Å²) in [5.41, 5.74) is 0. The van der Waals surface area contributed by atoms with Gasteiger partial charge in [0.2, 0.25) is 5.95 Å². The average molecular weight is 312 g/mol. The fourth-order valence-electron chi connectivity index (χ4n) is 2.86. The Morgan fingerprint density at radius 2 is 2.00 bits per heavy atom. The van der Waals surface area contributed by atoms with Crippen LogP contribution in [0, 0.1) is 0 Å². The van der Waals surface area contributed by atoms with Crippen LogP contribution in [-0.4, -0.2) is 44.7 Å². The van der Waals surface area contributed by atoms with Crippen molar-refractivity contribution >= 4 is 23.7 Å². The number of hydrogen-bond acceptors (Lipinski definition) is 5. The van der Waals surface area contributed by atoms with E-state index in [0.29, 0.717) is 11.2 Å². The molecule has 1 N–H and O–H groups in total. The molecule has 1 saturated carbocycles. The second kappa shape index (κ2) is 7.68. The summed E-state index contributed by atoms with van der Waals surface area (Å²) in [5.74, 6) is 0.0484. The second-order valence-electron chi connectivity index (χ2n) is 5.47. The van der Waals surface area contributed by atoms with Crippen molar-refractivity contribution in [2.24, 2.45) is 0 Å². The zero-order valence-corrected chi connectivity index (χ0v) is 13.6. The van der Waals surface area contributed by atoms with Crippen LogP contribution in [0.25, 0.3) is 0 Å². The summed E-state index contributed by atoms with van der Waals surface area (Å²) in [7, 11) is 2.08. The van der Waals surface area contributed by atoms with Crippen LogP contribution in [0.1, 0.15) is 45.4 Å². The van der Waals surface area contributed by atoms with E-state index in [2.05, 4.69) is 22.1 Å². The van der Waals surface area contributed by atoms with Gasteiger partial charge in [-0.25, -0.2) is 0 Å². The lowest BCUT2D eigenvalue weighted by atomic mass is 10.1. The first-order valence-corrected chi connectivity index (χ1v) is 8.62. The summed E-state index contributed by atoms with van der Waals surface area (Å²) < 4.78 is 2.01. The molecule has 21 heavy (non-hydrogen) atoms. The van der Waals surface area contributed by atoms with Gasteiger partial charge >= 0.3 is 5.97 Å². The van der Waals surface area contributed by atoms with E-state index in [4.69, 9.17) is 5.11 Å². The number of carboxylic acids is 1. The number of nitrogens with zero attached hydrogens (tertiary/aromatic N) is 4. The molecule has 0 bridgehead atoms. The predicted octanol–water partition coefficient (Wildman–Crippen LogP) is 2.63. The molecule has 1 aliphatic carbocycles. The van der Waals surface area contributed by atoms with Crippen LogP contribution < -0.4 is 4.90 Å². The molecule has 0 radical (unpaired) electrons. The Morgan fingerprint density at radius 3 is 2.57 bits per heavy atom. The van der Waals surface area contributed by atoms with Crippen molar-refractivity contribution in [1.82, 2.24) is 14.8 Å².